The minimum absolute atomic E-state index is 0.300. The Balaban J connectivity index is 1.40. The van der Waals surface area contributed by atoms with Crippen molar-refractivity contribution in [1.82, 2.24) is 24.5 Å². The third-order valence-corrected chi connectivity index (χ3v) is 7.25. The Morgan fingerprint density at radius 2 is 1.86 bits per heavy atom. The van der Waals surface area contributed by atoms with E-state index in [0.29, 0.717) is 17.9 Å². The average Bonchev–Trinajstić information content (AvgIpc) is 3.27. The van der Waals surface area contributed by atoms with Gasteiger partial charge in [0.25, 0.3) is 0 Å². The largest absolute Gasteiger partial charge is 0.337 e. The molecule has 156 valence electrons. The summed E-state index contributed by atoms with van der Waals surface area (Å²) < 4.78 is 1.96. The molecule has 3 fully saturated rings. The van der Waals surface area contributed by atoms with Crippen LogP contribution in [0.1, 0.15) is 56.2 Å². The highest BCUT2D eigenvalue weighted by atomic mass is 16.2. The summed E-state index contributed by atoms with van der Waals surface area (Å²) >= 11 is 0. The minimum Gasteiger partial charge on any atom is -0.337 e. The molecule has 0 N–H and O–H groups in total. The Morgan fingerprint density at radius 3 is 2.50 bits per heavy atom. The molecule has 28 heavy (non-hydrogen) atoms. The molecule has 0 radical (unpaired) electrons. The lowest BCUT2D eigenvalue weighted by Gasteiger charge is -2.42. The van der Waals surface area contributed by atoms with Crippen molar-refractivity contribution in [2.24, 2.45) is 13.0 Å². The van der Waals surface area contributed by atoms with Gasteiger partial charge >= 0.3 is 0 Å². The third kappa shape index (κ3) is 4.43. The van der Waals surface area contributed by atoms with Crippen LogP contribution in [-0.4, -0.2) is 75.7 Å². The molecular weight excluding hydrogens is 350 g/mol. The van der Waals surface area contributed by atoms with Crippen LogP contribution in [0, 0.1) is 12.8 Å². The van der Waals surface area contributed by atoms with E-state index in [-0.39, 0.29) is 0 Å². The number of nitrogens with zero attached hydrogens (tertiary/aromatic N) is 5. The van der Waals surface area contributed by atoms with Crippen LogP contribution >= 0.6 is 0 Å². The number of piperidine rings is 1. The average molecular weight is 388 g/mol. The standard InChI is InChI=1S/C22H37N5O/c1-18-20(15-23-24(18)2)16-26-12-6-9-21(17-26)27(22(28)19-7-5-8-19)14-13-25-10-3-4-11-25/h15,19,21H,3-14,16-17H2,1-2H3. The Kier molecular flexibility index (Phi) is 6.36. The number of aromatic nitrogens is 2. The molecule has 1 saturated carbocycles. The lowest BCUT2D eigenvalue weighted by Crippen LogP contribution is -2.54. The lowest BCUT2D eigenvalue weighted by molar-refractivity contribution is -0.142. The summed E-state index contributed by atoms with van der Waals surface area (Å²) in [6, 6.07) is 0.376. The summed E-state index contributed by atoms with van der Waals surface area (Å²) in [5, 5.41) is 4.40. The van der Waals surface area contributed by atoms with Gasteiger partial charge in [0.15, 0.2) is 0 Å². The second-order valence-electron chi connectivity index (χ2n) is 9.12. The van der Waals surface area contributed by atoms with E-state index in [9.17, 15) is 4.79 Å². The molecule has 1 aromatic rings. The third-order valence-electron chi connectivity index (χ3n) is 7.25. The van der Waals surface area contributed by atoms with Crippen LogP contribution in [0.3, 0.4) is 0 Å². The zero-order valence-electron chi connectivity index (χ0n) is 17.8. The van der Waals surface area contributed by atoms with Crippen LogP contribution in [-0.2, 0) is 18.4 Å². The van der Waals surface area contributed by atoms with E-state index in [2.05, 4.69) is 26.7 Å². The molecule has 6 nitrogen and oxygen atoms in total. The number of rotatable bonds is 7. The fourth-order valence-electron chi connectivity index (χ4n) is 4.99. The number of hydrogen-bond donors (Lipinski definition) is 0. The molecule has 1 aromatic heterocycles. The monoisotopic (exact) mass is 387 g/mol. The zero-order chi connectivity index (χ0) is 19.5. The van der Waals surface area contributed by atoms with E-state index >= 15 is 0 Å². The van der Waals surface area contributed by atoms with Crippen molar-refractivity contribution in [1.29, 1.82) is 0 Å². The molecule has 1 atom stereocenters. The number of carbonyl (C=O) groups excluding carboxylic acids is 1. The van der Waals surface area contributed by atoms with Gasteiger partial charge in [-0.2, -0.15) is 5.10 Å². The SMILES string of the molecule is Cc1c(CN2CCCC(N(CCN3CCCC3)C(=O)C3CCC3)C2)cnn1C. The van der Waals surface area contributed by atoms with E-state index in [0.717, 1.165) is 52.0 Å². The smallest absolute Gasteiger partial charge is 0.226 e. The fraction of sp³-hybridized carbons (Fsp3) is 0.818. The molecule has 2 saturated heterocycles. The maximum absolute atomic E-state index is 13.2. The van der Waals surface area contributed by atoms with Crippen LogP contribution < -0.4 is 0 Å². The molecule has 0 aromatic carbocycles. The molecule has 3 heterocycles. The highest BCUT2D eigenvalue weighted by Gasteiger charge is 2.35. The molecule has 1 amide bonds. The number of hydrogen-bond acceptors (Lipinski definition) is 4. The van der Waals surface area contributed by atoms with E-state index in [1.165, 1.54) is 50.0 Å². The van der Waals surface area contributed by atoms with E-state index < -0.39 is 0 Å². The normalized spacial score (nSPS) is 24.4. The second-order valence-corrected chi connectivity index (χ2v) is 9.12. The van der Waals surface area contributed by atoms with Crippen LogP contribution in [0.25, 0.3) is 0 Å². The Hall–Kier alpha value is -1.40. The summed E-state index contributed by atoms with van der Waals surface area (Å²) in [6.45, 7) is 9.62. The summed E-state index contributed by atoms with van der Waals surface area (Å²) in [5.41, 5.74) is 2.57. The first-order valence-electron chi connectivity index (χ1n) is 11.3. The summed E-state index contributed by atoms with van der Waals surface area (Å²) in [7, 11) is 2.01. The van der Waals surface area contributed by atoms with Crippen molar-refractivity contribution < 1.29 is 4.79 Å². The molecule has 6 heteroatoms. The molecule has 0 bridgehead atoms. The van der Waals surface area contributed by atoms with Crippen molar-refractivity contribution in [3.8, 4) is 0 Å². The van der Waals surface area contributed by atoms with Gasteiger partial charge in [-0.05, 0) is 65.1 Å². The second kappa shape index (κ2) is 8.95. The molecule has 1 unspecified atom stereocenters. The summed E-state index contributed by atoms with van der Waals surface area (Å²) in [4.78, 5) is 20.6. The van der Waals surface area contributed by atoms with Gasteiger partial charge in [0.2, 0.25) is 5.91 Å². The molecule has 1 aliphatic carbocycles. The topological polar surface area (TPSA) is 44.6 Å². The predicted octanol–water partition coefficient (Wildman–Crippen LogP) is 2.42. The number of aryl methyl sites for hydroxylation is 1. The van der Waals surface area contributed by atoms with Crippen LogP contribution in [0.4, 0.5) is 0 Å². The predicted molar refractivity (Wildman–Crippen MR) is 111 cm³/mol. The maximum atomic E-state index is 13.2. The highest BCUT2D eigenvalue weighted by Crippen LogP contribution is 2.30. The van der Waals surface area contributed by atoms with Gasteiger partial charge in [0, 0.05) is 56.4 Å². The minimum atomic E-state index is 0.300. The van der Waals surface area contributed by atoms with Gasteiger partial charge in [-0.15, -0.1) is 0 Å². The first-order chi connectivity index (χ1) is 13.6. The Labute approximate surface area is 169 Å². The Morgan fingerprint density at radius 1 is 1.11 bits per heavy atom. The van der Waals surface area contributed by atoms with E-state index in [1.807, 2.05) is 17.9 Å². The number of likely N-dealkylation sites (tertiary alicyclic amines) is 2. The number of amides is 1. The van der Waals surface area contributed by atoms with Crippen molar-refractivity contribution in [2.75, 3.05) is 39.3 Å². The number of carbonyl (C=O) groups is 1. The highest BCUT2D eigenvalue weighted by molar-refractivity contribution is 5.80. The van der Waals surface area contributed by atoms with E-state index in [1.54, 1.807) is 0 Å². The molecule has 4 rings (SSSR count). The lowest BCUT2D eigenvalue weighted by atomic mass is 9.83. The summed E-state index contributed by atoms with van der Waals surface area (Å²) in [5.74, 6) is 0.740. The van der Waals surface area contributed by atoms with Crippen molar-refractivity contribution in [3.05, 3.63) is 17.5 Å². The van der Waals surface area contributed by atoms with Gasteiger partial charge in [-0.3, -0.25) is 14.4 Å². The van der Waals surface area contributed by atoms with Crippen LogP contribution in [0.2, 0.25) is 0 Å². The quantitative estimate of drug-likeness (QED) is 0.721. The fourth-order valence-corrected chi connectivity index (χ4v) is 4.99. The first kappa shape index (κ1) is 19.9. The van der Waals surface area contributed by atoms with Gasteiger partial charge in [-0.25, -0.2) is 0 Å². The first-order valence-corrected chi connectivity index (χ1v) is 11.3. The van der Waals surface area contributed by atoms with Gasteiger partial charge in [-0.1, -0.05) is 6.42 Å². The Bertz CT molecular complexity index is 662. The van der Waals surface area contributed by atoms with Gasteiger partial charge < -0.3 is 9.80 Å². The van der Waals surface area contributed by atoms with Crippen molar-refractivity contribution in [3.63, 3.8) is 0 Å². The summed E-state index contributed by atoms with van der Waals surface area (Å²) in [6.07, 6.45) is 10.4. The van der Waals surface area contributed by atoms with Crippen LogP contribution in [0.15, 0.2) is 6.20 Å². The van der Waals surface area contributed by atoms with Gasteiger partial charge in [0.05, 0.1) is 6.20 Å². The molecule has 2 aliphatic heterocycles. The molecule has 0 spiro atoms. The molecule has 3 aliphatic rings. The van der Waals surface area contributed by atoms with Crippen molar-refractivity contribution in [2.45, 2.75) is 64.5 Å². The van der Waals surface area contributed by atoms with Gasteiger partial charge in [0.1, 0.15) is 0 Å². The van der Waals surface area contributed by atoms with E-state index in [4.69, 9.17) is 0 Å². The zero-order valence-corrected chi connectivity index (χ0v) is 17.8. The maximum Gasteiger partial charge on any atom is 0.226 e. The van der Waals surface area contributed by atoms with Crippen molar-refractivity contribution >= 4 is 5.91 Å². The van der Waals surface area contributed by atoms with Crippen LogP contribution in [0.5, 0.6) is 0 Å². The molecular formula is C22H37N5O.